The van der Waals surface area contributed by atoms with E-state index in [9.17, 15) is 14.4 Å². The molecule has 2 aliphatic rings. The molecule has 0 aromatic carbocycles. The highest BCUT2D eigenvalue weighted by molar-refractivity contribution is 6.05. The van der Waals surface area contributed by atoms with Gasteiger partial charge in [0.2, 0.25) is 17.7 Å². The van der Waals surface area contributed by atoms with Crippen LogP contribution in [-0.4, -0.2) is 47.8 Å². The smallest absolute Gasteiger partial charge is 0.246 e. The van der Waals surface area contributed by atoms with Crippen LogP contribution >= 0.6 is 0 Å². The maximum absolute atomic E-state index is 12.0. The minimum absolute atomic E-state index is 0.0956. The number of rotatable bonds is 4. The summed E-state index contributed by atoms with van der Waals surface area (Å²) in [5, 5.41) is 5.92. The molecule has 6 heteroatoms. The maximum Gasteiger partial charge on any atom is 0.246 e. The minimum atomic E-state index is -0.568. The van der Waals surface area contributed by atoms with Crippen LogP contribution in [0.5, 0.6) is 0 Å². The largest absolute Gasteiger partial charge is 0.352 e. The molecule has 1 saturated heterocycles. The predicted molar refractivity (Wildman–Crippen MR) is 69.2 cm³/mol. The van der Waals surface area contributed by atoms with Crippen molar-refractivity contribution in [2.45, 2.75) is 57.2 Å². The van der Waals surface area contributed by atoms with Crippen molar-refractivity contribution < 1.29 is 14.4 Å². The van der Waals surface area contributed by atoms with E-state index >= 15 is 0 Å². The predicted octanol–water partition coefficient (Wildman–Crippen LogP) is -0.219. The van der Waals surface area contributed by atoms with Crippen LogP contribution in [-0.2, 0) is 14.4 Å². The fraction of sp³-hybridized carbons (Fsp3) is 0.769. The van der Waals surface area contributed by atoms with E-state index < -0.39 is 12.1 Å². The van der Waals surface area contributed by atoms with Gasteiger partial charge in [-0.1, -0.05) is 12.8 Å². The van der Waals surface area contributed by atoms with E-state index in [0.29, 0.717) is 0 Å². The number of nitrogens with one attached hydrogen (secondary N) is 2. The second kappa shape index (κ2) is 5.69. The molecule has 0 radical (unpaired) electrons. The van der Waals surface area contributed by atoms with E-state index in [1.807, 2.05) is 0 Å². The molecule has 2 fully saturated rings. The van der Waals surface area contributed by atoms with Crippen LogP contribution in [0.2, 0.25) is 0 Å². The van der Waals surface area contributed by atoms with E-state index in [4.69, 9.17) is 0 Å². The average Bonchev–Trinajstić information content (AvgIpc) is 2.95. The lowest BCUT2D eigenvalue weighted by atomic mass is 10.2. The minimum Gasteiger partial charge on any atom is -0.352 e. The van der Waals surface area contributed by atoms with E-state index in [1.165, 1.54) is 7.05 Å². The Kier molecular flexibility index (Phi) is 4.19. The Morgan fingerprint density at radius 1 is 1.32 bits per heavy atom. The van der Waals surface area contributed by atoms with Crippen molar-refractivity contribution in [3.05, 3.63) is 0 Å². The zero-order valence-corrected chi connectivity index (χ0v) is 11.4. The third-order valence-corrected chi connectivity index (χ3v) is 3.93. The van der Waals surface area contributed by atoms with Gasteiger partial charge in [-0.2, -0.15) is 0 Å². The molecule has 0 aromatic rings. The highest BCUT2D eigenvalue weighted by Crippen LogP contribution is 2.17. The zero-order valence-electron chi connectivity index (χ0n) is 11.4. The fourth-order valence-corrected chi connectivity index (χ4v) is 2.66. The molecule has 3 amide bonds. The van der Waals surface area contributed by atoms with Gasteiger partial charge in [0.05, 0.1) is 18.5 Å². The first-order chi connectivity index (χ1) is 8.99. The van der Waals surface area contributed by atoms with E-state index in [0.717, 1.165) is 30.6 Å². The normalized spacial score (nSPS) is 26.0. The Morgan fingerprint density at radius 2 is 1.95 bits per heavy atom. The zero-order chi connectivity index (χ0) is 14.0. The molecule has 2 atom stereocenters. The molecule has 19 heavy (non-hydrogen) atoms. The molecule has 0 aromatic heterocycles. The summed E-state index contributed by atoms with van der Waals surface area (Å²) in [5.74, 6) is -0.557. The number of likely N-dealkylation sites (N-methyl/N-ethyl adjacent to an activating group) is 1. The molecule has 6 nitrogen and oxygen atoms in total. The van der Waals surface area contributed by atoms with Crippen LogP contribution in [0.4, 0.5) is 0 Å². The van der Waals surface area contributed by atoms with Gasteiger partial charge >= 0.3 is 0 Å². The average molecular weight is 267 g/mol. The second-order valence-corrected chi connectivity index (χ2v) is 5.43. The third kappa shape index (κ3) is 3.12. The van der Waals surface area contributed by atoms with Gasteiger partial charge in [-0.25, -0.2) is 0 Å². The highest BCUT2D eigenvalue weighted by Gasteiger charge is 2.37. The van der Waals surface area contributed by atoms with Crippen molar-refractivity contribution >= 4 is 17.7 Å². The van der Waals surface area contributed by atoms with Gasteiger partial charge in [0.1, 0.15) is 0 Å². The Bertz CT molecular complexity index is 391. The van der Waals surface area contributed by atoms with Crippen LogP contribution in [0, 0.1) is 0 Å². The molecule has 1 saturated carbocycles. The third-order valence-electron chi connectivity index (χ3n) is 3.93. The molecule has 2 unspecified atom stereocenters. The quantitative estimate of drug-likeness (QED) is 0.690. The Labute approximate surface area is 112 Å². The number of carbonyl (C=O) groups is 3. The Balaban J connectivity index is 1.83. The lowest BCUT2D eigenvalue weighted by Crippen LogP contribution is -2.50. The standard InChI is InChI=1S/C13H21N3O3/c1-8(12(18)15-9-5-3-4-6-9)14-10-7-11(17)16(2)13(10)19/h8-10,14H,3-7H2,1-2H3,(H,15,18). The summed E-state index contributed by atoms with van der Waals surface area (Å²) in [6, 6.07) is -0.768. The summed E-state index contributed by atoms with van der Waals surface area (Å²) in [7, 11) is 1.47. The summed E-state index contributed by atoms with van der Waals surface area (Å²) in [5.41, 5.74) is 0. The van der Waals surface area contributed by atoms with Crippen molar-refractivity contribution in [1.82, 2.24) is 15.5 Å². The topological polar surface area (TPSA) is 78.5 Å². The number of likely N-dealkylation sites (tertiary alicyclic amines) is 1. The molecule has 0 bridgehead atoms. The summed E-state index contributed by atoms with van der Waals surface area (Å²) in [6.07, 6.45) is 4.51. The molecule has 0 spiro atoms. The summed E-state index contributed by atoms with van der Waals surface area (Å²) in [6.45, 7) is 1.72. The SMILES string of the molecule is CC(NC1CC(=O)N(C)C1=O)C(=O)NC1CCCC1. The molecule has 1 aliphatic carbocycles. The maximum atomic E-state index is 12.0. The van der Waals surface area contributed by atoms with Gasteiger partial charge < -0.3 is 5.32 Å². The van der Waals surface area contributed by atoms with Crippen LogP contribution in [0.3, 0.4) is 0 Å². The first-order valence-electron chi connectivity index (χ1n) is 6.86. The van der Waals surface area contributed by atoms with Crippen molar-refractivity contribution in [2.75, 3.05) is 7.05 Å². The van der Waals surface area contributed by atoms with Gasteiger partial charge in [-0.05, 0) is 19.8 Å². The molecule has 1 aliphatic heterocycles. The molecular formula is C13H21N3O3. The number of hydrogen-bond acceptors (Lipinski definition) is 4. The van der Waals surface area contributed by atoms with Crippen LogP contribution in [0.25, 0.3) is 0 Å². The van der Waals surface area contributed by atoms with Gasteiger partial charge in [0.25, 0.3) is 0 Å². The summed E-state index contributed by atoms with van der Waals surface area (Å²) >= 11 is 0. The van der Waals surface area contributed by atoms with E-state index in [1.54, 1.807) is 6.92 Å². The van der Waals surface area contributed by atoms with Crippen LogP contribution < -0.4 is 10.6 Å². The van der Waals surface area contributed by atoms with Gasteiger partial charge in [0.15, 0.2) is 0 Å². The highest BCUT2D eigenvalue weighted by atomic mass is 16.2. The number of carbonyl (C=O) groups excluding carboxylic acids is 3. The number of imide groups is 1. The monoisotopic (exact) mass is 267 g/mol. The number of nitrogens with zero attached hydrogens (tertiary/aromatic N) is 1. The van der Waals surface area contributed by atoms with E-state index in [-0.39, 0.29) is 30.2 Å². The number of hydrogen-bond donors (Lipinski definition) is 2. The van der Waals surface area contributed by atoms with Gasteiger partial charge in [-0.3, -0.25) is 24.6 Å². The van der Waals surface area contributed by atoms with Crippen molar-refractivity contribution in [3.8, 4) is 0 Å². The molecule has 2 rings (SSSR count). The Hall–Kier alpha value is -1.43. The van der Waals surface area contributed by atoms with Crippen LogP contribution in [0.1, 0.15) is 39.0 Å². The van der Waals surface area contributed by atoms with Gasteiger partial charge in [0, 0.05) is 13.1 Å². The number of amides is 3. The van der Waals surface area contributed by atoms with Crippen molar-refractivity contribution in [1.29, 1.82) is 0 Å². The van der Waals surface area contributed by atoms with E-state index in [2.05, 4.69) is 10.6 Å². The molecule has 1 heterocycles. The second-order valence-electron chi connectivity index (χ2n) is 5.43. The first-order valence-corrected chi connectivity index (χ1v) is 6.86. The fourth-order valence-electron chi connectivity index (χ4n) is 2.66. The van der Waals surface area contributed by atoms with Crippen molar-refractivity contribution in [3.63, 3.8) is 0 Å². The lowest BCUT2D eigenvalue weighted by Gasteiger charge is -2.20. The molecular weight excluding hydrogens is 246 g/mol. The first kappa shape index (κ1) is 14.0. The lowest BCUT2D eigenvalue weighted by molar-refractivity contribution is -0.137. The molecule has 2 N–H and O–H groups in total. The van der Waals surface area contributed by atoms with Crippen molar-refractivity contribution in [2.24, 2.45) is 0 Å². The summed E-state index contributed by atoms with van der Waals surface area (Å²) < 4.78 is 0. The Morgan fingerprint density at radius 3 is 2.47 bits per heavy atom. The van der Waals surface area contributed by atoms with Crippen LogP contribution in [0.15, 0.2) is 0 Å². The molecule has 106 valence electrons. The van der Waals surface area contributed by atoms with Gasteiger partial charge in [-0.15, -0.1) is 0 Å². The summed E-state index contributed by atoms with van der Waals surface area (Å²) in [4.78, 5) is 36.2.